The molecule has 1 aliphatic heterocycles. The molecule has 134 valence electrons. The topological polar surface area (TPSA) is 64.6 Å². The number of thiophene rings is 1. The van der Waals surface area contributed by atoms with Crippen molar-refractivity contribution in [2.45, 2.75) is 26.4 Å². The highest BCUT2D eigenvalue weighted by Crippen LogP contribution is 2.31. The molecule has 0 radical (unpaired) electrons. The van der Waals surface area contributed by atoms with E-state index in [2.05, 4.69) is 5.32 Å². The molecule has 0 aliphatic carbocycles. The minimum absolute atomic E-state index is 0.230. The van der Waals surface area contributed by atoms with Crippen LogP contribution in [0.4, 0.5) is 5.69 Å². The number of para-hydroxylation sites is 2. The van der Waals surface area contributed by atoms with Crippen LogP contribution in [0.5, 0.6) is 5.75 Å². The van der Waals surface area contributed by atoms with Gasteiger partial charge in [-0.15, -0.1) is 11.3 Å². The summed E-state index contributed by atoms with van der Waals surface area (Å²) in [5.74, 6) is 0.159. The van der Waals surface area contributed by atoms with Gasteiger partial charge in [0, 0.05) is 17.0 Å². The Labute approximate surface area is 155 Å². The standard InChI is InChI=1S/C20H19NO4S/c1-20(2,3)25-18(22)9-8-13-10-14(26-12-13)11-17-19(23)21-15-6-4-5-7-16(15)24-17/h4-12H,1-3H3,(H,21,23)/b9-8+,17-11-. The first-order chi connectivity index (χ1) is 12.3. The Balaban J connectivity index is 1.71. The molecule has 1 aromatic heterocycles. The maximum atomic E-state index is 12.1. The van der Waals surface area contributed by atoms with Gasteiger partial charge in [-0.3, -0.25) is 4.79 Å². The summed E-state index contributed by atoms with van der Waals surface area (Å²) in [6.07, 6.45) is 4.76. The Morgan fingerprint density at radius 3 is 2.81 bits per heavy atom. The molecule has 1 amide bonds. The summed E-state index contributed by atoms with van der Waals surface area (Å²) < 4.78 is 10.9. The van der Waals surface area contributed by atoms with Gasteiger partial charge in [-0.2, -0.15) is 0 Å². The number of anilines is 1. The van der Waals surface area contributed by atoms with Gasteiger partial charge >= 0.3 is 5.97 Å². The van der Waals surface area contributed by atoms with Crippen molar-refractivity contribution in [3.8, 4) is 5.75 Å². The molecule has 2 heterocycles. The van der Waals surface area contributed by atoms with Gasteiger partial charge in [0.25, 0.3) is 5.91 Å². The van der Waals surface area contributed by atoms with Crippen LogP contribution in [0.2, 0.25) is 0 Å². The number of fused-ring (bicyclic) bond motifs is 1. The quantitative estimate of drug-likeness (QED) is 0.640. The van der Waals surface area contributed by atoms with Crippen molar-refractivity contribution in [1.29, 1.82) is 0 Å². The Morgan fingerprint density at radius 2 is 2.04 bits per heavy atom. The number of carbonyl (C=O) groups is 2. The van der Waals surface area contributed by atoms with Crippen molar-refractivity contribution in [1.82, 2.24) is 0 Å². The minimum atomic E-state index is -0.520. The number of rotatable bonds is 3. The van der Waals surface area contributed by atoms with E-state index in [1.807, 2.05) is 44.4 Å². The van der Waals surface area contributed by atoms with Gasteiger partial charge in [-0.1, -0.05) is 12.1 Å². The molecule has 2 aromatic rings. The Bertz CT molecular complexity index is 903. The van der Waals surface area contributed by atoms with Gasteiger partial charge < -0.3 is 14.8 Å². The van der Waals surface area contributed by atoms with Gasteiger partial charge in [0.05, 0.1) is 5.69 Å². The third-order valence-electron chi connectivity index (χ3n) is 3.31. The fraction of sp³-hybridized carbons (Fsp3) is 0.200. The summed E-state index contributed by atoms with van der Waals surface area (Å²) in [6, 6.07) is 9.13. The number of nitrogens with one attached hydrogen (secondary N) is 1. The molecule has 6 heteroatoms. The first-order valence-electron chi connectivity index (χ1n) is 8.10. The van der Waals surface area contributed by atoms with Gasteiger partial charge in [0.15, 0.2) is 11.5 Å². The third kappa shape index (κ3) is 4.61. The molecular weight excluding hydrogens is 350 g/mol. The number of esters is 1. The largest absolute Gasteiger partial charge is 0.457 e. The van der Waals surface area contributed by atoms with Crippen molar-refractivity contribution in [2.24, 2.45) is 0 Å². The second-order valence-corrected chi connectivity index (χ2v) is 7.65. The highest BCUT2D eigenvalue weighted by atomic mass is 32.1. The van der Waals surface area contributed by atoms with Gasteiger partial charge in [0.2, 0.25) is 0 Å². The second-order valence-electron chi connectivity index (χ2n) is 6.71. The molecule has 0 spiro atoms. The van der Waals surface area contributed by atoms with E-state index in [1.165, 1.54) is 17.4 Å². The molecule has 5 nitrogen and oxygen atoms in total. The van der Waals surface area contributed by atoms with E-state index in [4.69, 9.17) is 9.47 Å². The van der Waals surface area contributed by atoms with Crippen molar-refractivity contribution in [3.63, 3.8) is 0 Å². The van der Waals surface area contributed by atoms with Gasteiger partial charge in [-0.05, 0) is 56.0 Å². The molecule has 0 atom stereocenters. The van der Waals surface area contributed by atoms with Crippen molar-refractivity contribution in [3.05, 3.63) is 58.0 Å². The van der Waals surface area contributed by atoms with Crippen molar-refractivity contribution in [2.75, 3.05) is 5.32 Å². The first kappa shape index (κ1) is 17.9. The second kappa shape index (κ2) is 7.17. The van der Waals surface area contributed by atoms with E-state index in [9.17, 15) is 9.59 Å². The number of carbonyl (C=O) groups excluding carboxylic acids is 2. The minimum Gasteiger partial charge on any atom is -0.457 e. The van der Waals surface area contributed by atoms with Crippen molar-refractivity contribution < 1.29 is 19.1 Å². The van der Waals surface area contributed by atoms with Crippen LogP contribution in [-0.4, -0.2) is 17.5 Å². The maximum absolute atomic E-state index is 12.1. The zero-order valence-electron chi connectivity index (χ0n) is 14.7. The van der Waals surface area contributed by atoms with E-state index in [1.54, 1.807) is 24.3 Å². The van der Waals surface area contributed by atoms with Gasteiger partial charge in [0.1, 0.15) is 5.60 Å². The lowest BCUT2D eigenvalue weighted by molar-refractivity contribution is -0.148. The Hall–Kier alpha value is -2.86. The molecule has 1 aliphatic rings. The van der Waals surface area contributed by atoms with E-state index < -0.39 is 11.6 Å². The van der Waals surface area contributed by atoms with Crippen LogP contribution in [0.25, 0.3) is 12.2 Å². The number of hydrogen-bond acceptors (Lipinski definition) is 5. The molecule has 0 bridgehead atoms. The highest BCUT2D eigenvalue weighted by Gasteiger charge is 2.21. The van der Waals surface area contributed by atoms with Crippen LogP contribution >= 0.6 is 11.3 Å². The number of benzene rings is 1. The molecule has 0 saturated carbocycles. The summed E-state index contributed by atoms with van der Waals surface area (Å²) in [5.41, 5.74) is 0.985. The molecular formula is C20H19NO4S. The number of hydrogen-bond donors (Lipinski definition) is 1. The summed E-state index contributed by atoms with van der Waals surface area (Å²) in [5, 5.41) is 4.69. The zero-order chi connectivity index (χ0) is 18.7. The molecule has 0 fully saturated rings. The summed E-state index contributed by atoms with van der Waals surface area (Å²) in [7, 11) is 0. The third-order valence-corrected chi connectivity index (χ3v) is 4.21. The summed E-state index contributed by atoms with van der Waals surface area (Å²) in [4.78, 5) is 24.7. The highest BCUT2D eigenvalue weighted by molar-refractivity contribution is 7.11. The molecule has 3 rings (SSSR count). The van der Waals surface area contributed by atoms with Crippen LogP contribution in [0.15, 0.2) is 47.5 Å². The predicted octanol–water partition coefficient (Wildman–Crippen LogP) is 4.48. The predicted molar refractivity (Wildman–Crippen MR) is 103 cm³/mol. The monoisotopic (exact) mass is 369 g/mol. The lowest BCUT2D eigenvalue weighted by atomic mass is 10.2. The number of amides is 1. The van der Waals surface area contributed by atoms with Crippen LogP contribution < -0.4 is 10.1 Å². The normalized spacial score (nSPS) is 15.5. The zero-order valence-corrected chi connectivity index (χ0v) is 15.6. The molecule has 0 unspecified atom stereocenters. The maximum Gasteiger partial charge on any atom is 0.331 e. The van der Waals surface area contributed by atoms with E-state index >= 15 is 0 Å². The average Bonchev–Trinajstić information content (AvgIpc) is 3.00. The van der Waals surface area contributed by atoms with E-state index in [0.29, 0.717) is 11.4 Å². The Morgan fingerprint density at radius 1 is 1.27 bits per heavy atom. The van der Waals surface area contributed by atoms with Crippen molar-refractivity contribution >= 4 is 41.1 Å². The first-order valence-corrected chi connectivity index (χ1v) is 8.98. The van der Waals surface area contributed by atoms with Crippen LogP contribution in [0, 0.1) is 0 Å². The van der Waals surface area contributed by atoms with Gasteiger partial charge in [-0.25, -0.2) is 4.79 Å². The fourth-order valence-corrected chi connectivity index (χ4v) is 3.06. The number of ether oxygens (including phenoxy) is 2. The smallest absolute Gasteiger partial charge is 0.331 e. The SMILES string of the molecule is CC(C)(C)OC(=O)/C=C/c1csc(/C=C2\Oc3ccccc3NC2=O)c1. The van der Waals surface area contributed by atoms with Crippen LogP contribution in [-0.2, 0) is 14.3 Å². The lowest BCUT2D eigenvalue weighted by Gasteiger charge is -2.19. The summed E-state index contributed by atoms with van der Waals surface area (Å²) >= 11 is 1.45. The molecule has 1 N–H and O–H groups in total. The van der Waals surface area contributed by atoms with E-state index in [-0.39, 0.29) is 11.7 Å². The molecule has 1 aromatic carbocycles. The molecule has 26 heavy (non-hydrogen) atoms. The molecule has 0 saturated heterocycles. The van der Waals surface area contributed by atoms with Crippen LogP contribution in [0.1, 0.15) is 31.2 Å². The average molecular weight is 369 g/mol. The van der Waals surface area contributed by atoms with E-state index in [0.717, 1.165) is 10.4 Å². The fourth-order valence-electron chi connectivity index (χ4n) is 2.26. The Kier molecular flexibility index (Phi) is 4.95. The summed E-state index contributed by atoms with van der Waals surface area (Å²) in [6.45, 7) is 5.46. The van der Waals surface area contributed by atoms with Crippen LogP contribution in [0.3, 0.4) is 0 Å². The lowest BCUT2D eigenvalue weighted by Crippen LogP contribution is -2.23.